The Labute approximate surface area is 43.5 Å². The highest BCUT2D eigenvalue weighted by atomic mass is 16.3. The van der Waals surface area contributed by atoms with Crippen LogP contribution in [0.1, 0.15) is 13.3 Å². The van der Waals surface area contributed by atoms with Crippen LogP contribution in [0.2, 0.25) is 0 Å². The summed E-state index contributed by atoms with van der Waals surface area (Å²) in [5.74, 6) is 5.00. The van der Waals surface area contributed by atoms with Gasteiger partial charge in [0.15, 0.2) is 0 Å². The van der Waals surface area contributed by atoms with Gasteiger partial charge in [0.25, 0.3) is 0 Å². The minimum atomic E-state index is 0.200. The first-order chi connectivity index (χ1) is 3.31. The molecule has 0 spiro atoms. The third kappa shape index (κ3) is 3.72. The number of hydrogen-bond acceptors (Lipinski definition) is 3. The highest BCUT2D eigenvalue weighted by molar-refractivity contribution is 4.51. The normalized spacial score (nSPS) is 14.1. The van der Waals surface area contributed by atoms with Crippen LogP contribution in [0.5, 0.6) is 0 Å². The zero-order chi connectivity index (χ0) is 5.70. The Kier molecular flexibility index (Phi) is 3.98. The average molecular weight is 104 g/mol. The van der Waals surface area contributed by atoms with Crippen molar-refractivity contribution in [3.8, 4) is 0 Å². The van der Waals surface area contributed by atoms with E-state index in [9.17, 15) is 0 Å². The molecule has 0 bridgehead atoms. The van der Waals surface area contributed by atoms with E-state index in [1.807, 2.05) is 6.92 Å². The van der Waals surface area contributed by atoms with Crippen LogP contribution in [0.25, 0.3) is 0 Å². The third-order valence-electron chi connectivity index (χ3n) is 0.847. The van der Waals surface area contributed by atoms with E-state index in [0.717, 1.165) is 6.42 Å². The van der Waals surface area contributed by atoms with Gasteiger partial charge in [0.2, 0.25) is 0 Å². The fourth-order valence-corrected chi connectivity index (χ4v) is 0.277. The van der Waals surface area contributed by atoms with E-state index < -0.39 is 0 Å². The van der Waals surface area contributed by atoms with Crippen LogP contribution in [0.15, 0.2) is 0 Å². The molecular weight excluding hydrogens is 92.1 g/mol. The quantitative estimate of drug-likeness (QED) is 0.325. The average Bonchev–Trinajstić information content (AvgIpc) is 1.68. The summed E-state index contributed by atoms with van der Waals surface area (Å²) in [7, 11) is 0. The van der Waals surface area contributed by atoms with Crippen LogP contribution >= 0.6 is 0 Å². The molecule has 3 heteroatoms. The van der Waals surface area contributed by atoms with Crippen LogP contribution in [0.3, 0.4) is 0 Å². The molecule has 0 aliphatic heterocycles. The van der Waals surface area contributed by atoms with E-state index >= 15 is 0 Å². The molecule has 4 N–H and O–H groups in total. The minimum Gasteiger partial charge on any atom is -0.396 e. The SMILES string of the molecule is C[C@H](CCO)NN. The highest BCUT2D eigenvalue weighted by Crippen LogP contribution is 1.82. The first-order valence-corrected chi connectivity index (χ1v) is 2.38. The lowest BCUT2D eigenvalue weighted by molar-refractivity contribution is 0.269. The highest BCUT2D eigenvalue weighted by Gasteiger charge is 1.92. The van der Waals surface area contributed by atoms with Crippen LogP contribution in [0, 0.1) is 0 Å². The number of aliphatic hydroxyl groups excluding tert-OH is 1. The Morgan fingerprint density at radius 3 is 2.57 bits per heavy atom. The maximum atomic E-state index is 8.27. The molecule has 0 aromatic carbocycles. The standard InChI is InChI=1S/C4H12N2O/c1-4(6-5)2-3-7/h4,6-7H,2-3,5H2,1H3/t4-/m1/s1. The first kappa shape index (κ1) is 6.88. The van der Waals surface area contributed by atoms with Crippen LogP contribution in [0.4, 0.5) is 0 Å². The Hall–Kier alpha value is -0.120. The fourth-order valence-electron chi connectivity index (χ4n) is 0.277. The van der Waals surface area contributed by atoms with Crippen molar-refractivity contribution >= 4 is 0 Å². The lowest BCUT2D eigenvalue weighted by Crippen LogP contribution is -2.32. The van der Waals surface area contributed by atoms with Gasteiger partial charge in [-0.3, -0.25) is 11.3 Å². The summed E-state index contributed by atoms with van der Waals surface area (Å²) in [5.41, 5.74) is 2.51. The molecular formula is C4H12N2O. The summed E-state index contributed by atoms with van der Waals surface area (Å²) in [4.78, 5) is 0. The van der Waals surface area contributed by atoms with E-state index in [0.29, 0.717) is 0 Å². The smallest absolute Gasteiger partial charge is 0.0446 e. The number of rotatable bonds is 3. The summed E-state index contributed by atoms with van der Waals surface area (Å²) in [6.07, 6.45) is 0.719. The molecule has 0 amide bonds. The number of hydrazine groups is 1. The fraction of sp³-hybridized carbons (Fsp3) is 1.00. The number of aliphatic hydroxyl groups is 1. The van der Waals surface area contributed by atoms with Crippen molar-refractivity contribution in [2.75, 3.05) is 6.61 Å². The molecule has 0 aromatic heterocycles. The number of hydrogen-bond donors (Lipinski definition) is 3. The Morgan fingerprint density at radius 2 is 2.43 bits per heavy atom. The van der Waals surface area contributed by atoms with E-state index in [4.69, 9.17) is 10.9 Å². The van der Waals surface area contributed by atoms with Gasteiger partial charge in [0.05, 0.1) is 0 Å². The van der Waals surface area contributed by atoms with Gasteiger partial charge >= 0.3 is 0 Å². The Morgan fingerprint density at radius 1 is 1.86 bits per heavy atom. The minimum absolute atomic E-state index is 0.200. The van der Waals surface area contributed by atoms with Gasteiger partial charge in [0, 0.05) is 12.6 Å². The van der Waals surface area contributed by atoms with Crippen LogP contribution < -0.4 is 11.3 Å². The summed E-state index contributed by atoms with van der Waals surface area (Å²) < 4.78 is 0. The first-order valence-electron chi connectivity index (χ1n) is 2.38. The molecule has 3 nitrogen and oxygen atoms in total. The predicted molar refractivity (Wildman–Crippen MR) is 28.5 cm³/mol. The molecule has 0 radical (unpaired) electrons. The number of nitrogens with two attached hydrogens (primary N) is 1. The van der Waals surface area contributed by atoms with Gasteiger partial charge in [-0.2, -0.15) is 0 Å². The summed E-state index contributed by atoms with van der Waals surface area (Å²) >= 11 is 0. The Bertz CT molecular complexity index is 40.7. The van der Waals surface area contributed by atoms with E-state index in [1.54, 1.807) is 0 Å². The van der Waals surface area contributed by atoms with Crippen molar-refractivity contribution in [3.05, 3.63) is 0 Å². The second-order valence-electron chi connectivity index (χ2n) is 1.58. The van der Waals surface area contributed by atoms with Crippen molar-refractivity contribution in [2.45, 2.75) is 19.4 Å². The molecule has 0 saturated carbocycles. The van der Waals surface area contributed by atoms with Gasteiger partial charge < -0.3 is 5.11 Å². The molecule has 7 heavy (non-hydrogen) atoms. The third-order valence-corrected chi connectivity index (χ3v) is 0.847. The summed E-state index contributed by atoms with van der Waals surface area (Å²) in [6.45, 7) is 2.11. The van der Waals surface area contributed by atoms with E-state index in [1.165, 1.54) is 0 Å². The molecule has 0 aliphatic rings. The van der Waals surface area contributed by atoms with Gasteiger partial charge in [-0.1, -0.05) is 0 Å². The molecule has 44 valence electrons. The van der Waals surface area contributed by atoms with Crippen molar-refractivity contribution in [3.63, 3.8) is 0 Å². The molecule has 0 unspecified atom stereocenters. The molecule has 0 rings (SSSR count). The lowest BCUT2D eigenvalue weighted by Gasteiger charge is -2.04. The molecule has 1 atom stereocenters. The maximum Gasteiger partial charge on any atom is 0.0446 e. The molecule has 0 aliphatic carbocycles. The van der Waals surface area contributed by atoms with Crippen molar-refractivity contribution in [1.82, 2.24) is 5.43 Å². The lowest BCUT2D eigenvalue weighted by atomic mass is 10.3. The number of nitrogens with one attached hydrogen (secondary N) is 1. The van der Waals surface area contributed by atoms with Gasteiger partial charge in [-0.25, -0.2) is 0 Å². The largest absolute Gasteiger partial charge is 0.396 e. The summed E-state index contributed by atoms with van der Waals surface area (Å²) in [6, 6.07) is 0.227. The van der Waals surface area contributed by atoms with Gasteiger partial charge in [-0.05, 0) is 13.3 Å². The zero-order valence-electron chi connectivity index (χ0n) is 4.52. The second kappa shape index (κ2) is 4.05. The molecule has 0 saturated heterocycles. The molecule has 0 aromatic rings. The molecule has 0 fully saturated rings. The summed E-state index contributed by atoms with van der Waals surface area (Å²) in [5, 5.41) is 8.27. The second-order valence-corrected chi connectivity index (χ2v) is 1.58. The zero-order valence-corrected chi connectivity index (χ0v) is 4.52. The topological polar surface area (TPSA) is 58.3 Å². The maximum absolute atomic E-state index is 8.27. The monoisotopic (exact) mass is 104 g/mol. The van der Waals surface area contributed by atoms with Crippen LogP contribution in [-0.4, -0.2) is 17.8 Å². The van der Waals surface area contributed by atoms with E-state index in [2.05, 4.69) is 5.43 Å². The van der Waals surface area contributed by atoms with E-state index in [-0.39, 0.29) is 12.6 Å². The molecule has 0 heterocycles. The van der Waals surface area contributed by atoms with Gasteiger partial charge in [-0.15, -0.1) is 0 Å². The van der Waals surface area contributed by atoms with Gasteiger partial charge in [0.1, 0.15) is 0 Å². The van der Waals surface area contributed by atoms with Crippen molar-refractivity contribution in [2.24, 2.45) is 5.84 Å². The van der Waals surface area contributed by atoms with Crippen molar-refractivity contribution in [1.29, 1.82) is 0 Å². The Balaban J connectivity index is 2.83. The predicted octanol–water partition coefficient (Wildman–Crippen LogP) is -0.779. The van der Waals surface area contributed by atoms with Crippen molar-refractivity contribution < 1.29 is 5.11 Å². The van der Waals surface area contributed by atoms with Crippen LogP contribution in [-0.2, 0) is 0 Å².